The molecular formula is C30H34O7. The fraction of sp³-hybridized carbons (Fsp3) is 0.500. The highest BCUT2D eigenvalue weighted by Gasteiger charge is 2.71. The highest BCUT2D eigenvalue weighted by molar-refractivity contribution is 6.25. The highest BCUT2D eigenvalue weighted by atomic mass is 16.3. The molecular weight excluding hydrogens is 472 g/mol. The van der Waals surface area contributed by atoms with E-state index in [1.165, 1.54) is 11.6 Å². The van der Waals surface area contributed by atoms with Crippen molar-refractivity contribution >= 4 is 23.4 Å². The monoisotopic (exact) mass is 506 g/mol. The number of hydrogen-bond donors (Lipinski definition) is 4. The molecule has 4 atom stereocenters. The summed E-state index contributed by atoms with van der Waals surface area (Å²) >= 11 is 0. The van der Waals surface area contributed by atoms with Gasteiger partial charge in [-0.2, -0.15) is 0 Å². The van der Waals surface area contributed by atoms with E-state index in [1.54, 1.807) is 13.0 Å². The third kappa shape index (κ3) is 3.13. The number of benzene rings is 1. The molecule has 0 spiro atoms. The van der Waals surface area contributed by atoms with Crippen molar-refractivity contribution in [1.82, 2.24) is 0 Å². The van der Waals surface area contributed by atoms with Crippen molar-refractivity contribution in [2.24, 2.45) is 22.7 Å². The molecule has 4 aliphatic rings. The van der Waals surface area contributed by atoms with Crippen molar-refractivity contribution < 1.29 is 34.8 Å². The fourth-order valence-corrected chi connectivity index (χ4v) is 7.64. The molecule has 4 N–H and O–H groups in total. The van der Waals surface area contributed by atoms with Gasteiger partial charge in [0.2, 0.25) is 5.78 Å². The largest absolute Gasteiger partial charge is 0.511 e. The Morgan fingerprint density at radius 3 is 2.30 bits per heavy atom. The molecule has 0 saturated heterocycles. The van der Waals surface area contributed by atoms with Gasteiger partial charge in [0.1, 0.15) is 22.8 Å². The second kappa shape index (κ2) is 7.90. The lowest BCUT2D eigenvalue weighted by Crippen LogP contribution is -2.67. The van der Waals surface area contributed by atoms with Crippen molar-refractivity contribution in [1.29, 1.82) is 0 Å². The summed E-state index contributed by atoms with van der Waals surface area (Å²) in [6.45, 7) is 8.22. The molecule has 1 saturated carbocycles. The first-order valence-corrected chi connectivity index (χ1v) is 12.9. The van der Waals surface area contributed by atoms with Crippen LogP contribution >= 0.6 is 0 Å². The summed E-state index contributed by atoms with van der Waals surface area (Å²) in [6, 6.07) is 3.25. The van der Waals surface area contributed by atoms with Gasteiger partial charge in [-0.3, -0.25) is 14.4 Å². The molecule has 0 radical (unpaired) electrons. The van der Waals surface area contributed by atoms with Gasteiger partial charge in [0.15, 0.2) is 17.2 Å². The molecule has 1 fully saturated rings. The standard InChI is InChI=1S/C30H34O7/c1-14(2)22-24(33)20(15(3)31)26(35)30(37)27(36)23-25(34)21-18(12-28(23,4)13-29(22,30)5)17(9-10-19(21)32)11-16-7-6-8-16/h9-11,14,22,32-33,36-37H,6-8,12-13H2,1-5H3/t22?,28-,29-,30+/m1/s1. The molecule has 0 bridgehead atoms. The number of aliphatic hydroxyl groups excluding tert-OH is 2. The summed E-state index contributed by atoms with van der Waals surface area (Å²) in [7, 11) is 0. The van der Waals surface area contributed by atoms with Crippen LogP contribution in [0.15, 0.2) is 40.4 Å². The predicted octanol–water partition coefficient (Wildman–Crippen LogP) is 4.91. The van der Waals surface area contributed by atoms with E-state index in [1.807, 2.05) is 20.8 Å². The Kier molecular flexibility index (Phi) is 5.44. The van der Waals surface area contributed by atoms with Gasteiger partial charge in [0, 0.05) is 22.3 Å². The van der Waals surface area contributed by atoms with Crippen LogP contribution in [0.5, 0.6) is 5.75 Å². The molecule has 5 rings (SSSR count). The van der Waals surface area contributed by atoms with Crippen LogP contribution < -0.4 is 0 Å². The molecule has 0 heterocycles. The minimum Gasteiger partial charge on any atom is -0.511 e. The van der Waals surface area contributed by atoms with Crippen molar-refractivity contribution in [3.63, 3.8) is 0 Å². The van der Waals surface area contributed by atoms with E-state index in [-0.39, 0.29) is 41.4 Å². The molecule has 1 unspecified atom stereocenters. The van der Waals surface area contributed by atoms with Gasteiger partial charge < -0.3 is 20.4 Å². The zero-order chi connectivity index (χ0) is 27.2. The van der Waals surface area contributed by atoms with Gasteiger partial charge in [-0.15, -0.1) is 0 Å². The summed E-state index contributed by atoms with van der Waals surface area (Å²) in [5.74, 6) is -4.98. The number of allylic oxidation sites excluding steroid dienone is 3. The molecule has 4 aliphatic carbocycles. The SMILES string of the molecule is CC(=O)C1=C(O)C(C(C)C)[C@@]2(C)C[C@@]3(C)Cc4c(C=C5CCC5)ccc(O)c4C(=O)C3=C(O)[C@@]2(O)C1=O. The number of phenolic OH excluding ortho intramolecular Hbond substituents is 1. The maximum absolute atomic E-state index is 14.0. The van der Waals surface area contributed by atoms with E-state index in [2.05, 4.69) is 6.08 Å². The van der Waals surface area contributed by atoms with Crippen molar-refractivity contribution in [2.45, 2.75) is 72.3 Å². The second-order valence-electron chi connectivity index (χ2n) is 12.1. The van der Waals surface area contributed by atoms with Crippen LogP contribution in [-0.2, 0) is 16.0 Å². The number of rotatable bonds is 3. The van der Waals surface area contributed by atoms with Crippen molar-refractivity contribution in [2.75, 3.05) is 0 Å². The Balaban J connectivity index is 1.79. The van der Waals surface area contributed by atoms with E-state index in [4.69, 9.17) is 0 Å². The summed E-state index contributed by atoms with van der Waals surface area (Å²) in [5.41, 5.74) is -2.83. The topological polar surface area (TPSA) is 132 Å². The van der Waals surface area contributed by atoms with E-state index >= 15 is 0 Å². The minimum atomic E-state index is -2.59. The number of hydrogen-bond acceptors (Lipinski definition) is 7. The smallest absolute Gasteiger partial charge is 0.209 e. The van der Waals surface area contributed by atoms with Crippen LogP contribution in [-0.4, -0.2) is 43.4 Å². The Morgan fingerprint density at radius 1 is 1.11 bits per heavy atom. The van der Waals surface area contributed by atoms with Crippen LogP contribution in [0.3, 0.4) is 0 Å². The van der Waals surface area contributed by atoms with Crippen molar-refractivity contribution in [3.05, 3.63) is 57.1 Å². The molecule has 0 aromatic heterocycles. The maximum Gasteiger partial charge on any atom is 0.209 e. The molecule has 0 aliphatic heterocycles. The second-order valence-corrected chi connectivity index (χ2v) is 12.1. The van der Waals surface area contributed by atoms with E-state index in [0.717, 1.165) is 31.7 Å². The first kappa shape index (κ1) is 25.5. The number of carbonyl (C=O) groups is 3. The normalized spacial score (nSPS) is 33.2. The van der Waals surface area contributed by atoms with Gasteiger partial charge in [-0.25, -0.2) is 0 Å². The number of aromatic hydroxyl groups is 1. The van der Waals surface area contributed by atoms with Crippen LogP contribution in [0.2, 0.25) is 0 Å². The maximum atomic E-state index is 14.0. The van der Waals surface area contributed by atoms with Gasteiger partial charge in [0.05, 0.1) is 5.56 Å². The van der Waals surface area contributed by atoms with Crippen LogP contribution in [0.1, 0.15) is 81.8 Å². The predicted molar refractivity (Wildman–Crippen MR) is 137 cm³/mol. The van der Waals surface area contributed by atoms with E-state index < -0.39 is 51.0 Å². The first-order valence-electron chi connectivity index (χ1n) is 12.9. The van der Waals surface area contributed by atoms with Gasteiger partial charge in [-0.05, 0) is 62.1 Å². The first-order chi connectivity index (χ1) is 17.2. The van der Waals surface area contributed by atoms with Crippen LogP contribution in [0.25, 0.3) is 6.08 Å². The number of Topliss-reactive ketones (excluding diaryl/α,β-unsaturated/α-hetero) is 3. The van der Waals surface area contributed by atoms with E-state index in [9.17, 15) is 34.8 Å². The Morgan fingerprint density at radius 2 is 1.76 bits per heavy atom. The number of phenols is 1. The lowest BCUT2D eigenvalue weighted by molar-refractivity contribution is -0.171. The lowest BCUT2D eigenvalue weighted by Gasteiger charge is -2.59. The third-order valence-corrected chi connectivity index (χ3v) is 9.28. The summed E-state index contributed by atoms with van der Waals surface area (Å²) in [5, 5.41) is 45.6. The van der Waals surface area contributed by atoms with Crippen LogP contribution in [0, 0.1) is 22.7 Å². The number of carbonyl (C=O) groups excluding carboxylic acids is 3. The lowest BCUT2D eigenvalue weighted by atomic mass is 9.44. The number of aliphatic hydroxyl groups is 3. The summed E-state index contributed by atoms with van der Waals surface area (Å²) < 4.78 is 0. The number of ketones is 3. The molecule has 0 amide bonds. The minimum absolute atomic E-state index is 0.0637. The average molecular weight is 507 g/mol. The average Bonchev–Trinajstić information content (AvgIpc) is 2.74. The summed E-state index contributed by atoms with van der Waals surface area (Å²) in [6.07, 6.45) is 5.53. The molecule has 196 valence electrons. The zero-order valence-corrected chi connectivity index (χ0v) is 21.9. The molecule has 1 aromatic carbocycles. The van der Waals surface area contributed by atoms with E-state index in [0.29, 0.717) is 5.56 Å². The fourth-order valence-electron chi connectivity index (χ4n) is 7.64. The van der Waals surface area contributed by atoms with Gasteiger partial charge >= 0.3 is 0 Å². The zero-order valence-electron chi connectivity index (χ0n) is 21.9. The molecule has 37 heavy (non-hydrogen) atoms. The van der Waals surface area contributed by atoms with Crippen molar-refractivity contribution in [3.8, 4) is 5.75 Å². The van der Waals surface area contributed by atoms with Crippen LogP contribution in [0.4, 0.5) is 0 Å². The molecule has 7 heteroatoms. The quantitative estimate of drug-likeness (QED) is 0.428. The third-order valence-electron chi connectivity index (χ3n) is 9.28. The highest BCUT2D eigenvalue weighted by Crippen LogP contribution is 2.65. The van der Waals surface area contributed by atoms with Gasteiger partial charge in [0.25, 0.3) is 0 Å². The number of fused-ring (bicyclic) bond motifs is 3. The Hall–Kier alpha value is -3.19. The summed E-state index contributed by atoms with van der Waals surface area (Å²) in [4.78, 5) is 40.1. The molecule has 1 aromatic rings. The Bertz CT molecular complexity index is 1370. The van der Waals surface area contributed by atoms with Gasteiger partial charge in [-0.1, -0.05) is 45.4 Å². The Labute approximate surface area is 216 Å². The molecule has 7 nitrogen and oxygen atoms in total.